The molecule has 1 saturated heterocycles. The van der Waals surface area contributed by atoms with Gasteiger partial charge in [-0.15, -0.1) is 0 Å². The maximum atomic E-state index is 11.4. The standard InChI is InChI=1S/C21H25N3O2/c1-16(25)23-12-10-22(11-13-23)14-17(26)15-24-20-8-4-2-6-18(20)19-7-3-5-9-21(19)24/h2-9,17,26H,10-15H2,1H3/t17-/m0/s1. The number of fused-ring (bicyclic) bond motifs is 3. The van der Waals surface area contributed by atoms with E-state index in [1.165, 1.54) is 10.8 Å². The van der Waals surface area contributed by atoms with E-state index in [1.54, 1.807) is 6.92 Å². The van der Waals surface area contributed by atoms with Crippen LogP contribution >= 0.6 is 0 Å². The maximum absolute atomic E-state index is 11.4. The van der Waals surface area contributed by atoms with Crippen molar-refractivity contribution in [2.75, 3.05) is 32.7 Å². The molecule has 1 amide bonds. The summed E-state index contributed by atoms with van der Waals surface area (Å²) in [5.74, 6) is 0.135. The third-order valence-corrected chi connectivity index (χ3v) is 5.36. The minimum atomic E-state index is -0.446. The monoisotopic (exact) mass is 351 g/mol. The maximum Gasteiger partial charge on any atom is 0.219 e. The van der Waals surface area contributed by atoms with E-state index in [4.69, 9.17) is 0 Å². The summed E-state index contributed by atoms with van der Waals surface area (Å²) in [5, 5.41) is 13.2. The van der Waals surface area contributed by atoms with E-state index in [-0.39, 0.29) is 5.91 Å². The lowest BCUT2D eigenvalue weighted by Crippen LogP contribution is -2.50. The van der Waals surface area contributed by atoms with E-state index < -0.39 is 6.10 Å². The van der Waals surface area contributed by atoms with Gasteiger partial charge in [0.15, 0.2) is 0 Å². The van der Waals surface area contributed by atoms with Gasteiger partial charge in [-0.05, 0) is 12.1 Å². The summed E-state index contributed by atoms with van der Waals surface area (Å²) in [6, 6.07) is 16.7. The molecular weight excluding hydrogens is 326 g/mol. The number of amides is 1. The first-order valence-corrected chi connectivity index (χ1v) is 9.25. The average Bonchev–Trinajstić information content (AvgIpc) is 2.96. The fourth-order valence-electron chi connectivity index (χ4n) is 4.01. The molecule has 0 bridgehead atoms. The van der Waals surface area contributed by atoms with Crippen LogP contribution in [0.25, 0.3) is 21.8 Å². The second-order valence-electron chi connectivity index (χ2n) is 7.11. The molecule has 0 radical (unpaired) electrons. The number of aliphatic hydroxyl groups is 1. The van der Waals surface area contributed by atoms with Crippen LogP contribution in [0.4, 0.5) is 0 Å². The molecule has 26 heavy (non-hydrogen) atoms. The molecule has 1 aliphatic heterocycles. The van der Waals surface area contributed by atoms with Gasteiger partial charge in [0.25, 0.3) is 0 Å². The van der Waals surface area contributed by atoms with Crippen LogP contribution in [-0.2, 0) is 11.3 Å². The smallest absolute Gasteiger partial charge is 0.219 e. The van der Waals surface area contributed by atoms with Crippen molar-refractivity contribution >= 4 is 27.7 Å². The fourth-order valence-corrected chi connectivity index (χ4v) is 4.01. The topological polar surface area (TPSA) is 48.7 Å². The molecule has 1 fully saturated rings. The van der Waals surface area contributed by atoms with Gasteiger partial charge in [0.2, 0.25) is 5.91 Å². The summed E-state index contributed by atoms with van der Waals surface area (Å²) >= 11 is 0. The van der Waals surface area contributed by atoms with Crippen molar-refractivity contribution in [3.8, 4) is 0 Å². The minimum Gasteiger partial charge on any atom is -0.390 e. The average molecular weight is 351 g/mol. The van der Waals surface area contributed by atoms with E-state index in [0.29, 0.717) is 13.1 Å². The third-order valence-electron chi connectivity index (χ3n) is 5.36. The highest BCUT2D eigenvalue weighted by Gasteiger charge is 2.21. The van der Waals surface area contributed by atoms with Crippen molar-refractivity contribution in [3.05, 3.63) is 48.5 Å². The van der Waals surface area contributed by atoms with Crippen molar-refractivity contribution in [3.63, 3.8) is 0 Å². The predicted octanol–water partition coefficient (Wildman–Crippen LogP) is 2.32. The van der Waals surface area contributed by atoms with Gasteiger partial charge in [0.05, 0.1) is 12.6 Å². The number of aromatic nitrogens is 1. The number of aliphatic hydroxyl groups excluding tert-OH is 1. The molecule has 136 valence electrons. The molecule has 2 heterocycles. The number of hydrogen-bond donors (Lipinski definition) is 1. The van der Waals surface area contributed by atoms with Crippen molar-refractivity contribution < 1.29 is 9.90 Å². The Morgan fingerprint density at radius 1 is 0.923 bits per heavy atom. The molecule has 4 rings (SSSR count). The Bertz CT molecular complexity index is 872. The Hall–Kier alpha value is -2.37. The van der Waals surface area contributed by atoms with Gasteiger partial charge in [-0.3, -0.25) is 9.69 Å². The predicted molar refractivity (Wildman–Crippen MR) is 104 cm³/mol. The van der Waals surface area contributed by atoms with Crippen molar-refractivity contribution in [1.82, 2.24) is 14.4 Å². The van der Waals surface area contributed by atoms with E-state index in [2.05, 4.69) is 45.9 Å². The molecule has 1 aliphatic rings. The Kier molecular flexibility index (Phi) is 4.66. The quantitative estimate of drug-likeness (QED) is 0.785. The number of rotatable bonds is 4. The van der Waals surface area contributed by atoms with Crippen LogP contribution in [0.1, 0.15) is 6.92 Å². The molecule has 5 heteroatoms. The lowest BCUT2D eigenvalue weighted by Gasteiger charge is -2.35. The summed E-state index contributed by atoms with van der Waals surface area (Å²) in [5.41, 5.74) is 2.32. The zero-order valence-corrected chi connectivity index (χ0v) is 15.1. The van der Waals surface area contributed by atoms with E-state index in [0.717, 1.165) is 37.2 Å². The van der Waals surface area contributed by atoms with Crippen LogP contribution in [0.2, 0.25) is 0 Å². The molecular formula is C21H25N3O2. The molecule has 0 unspecified atom stereocenters. The van der Waals surface area contributed by atoms with Crippen LogP contribution in [0.3, 0.4) is 0 Å². The summed E-state index contributed by atoms with van der Waals surface area (Å²) in [7, 11) is 0. The summed E-state index contributed by atoms with van der Waals surface area (Å²) in [4.78, 5) is 15.6. The number of para-hydroxylation sites is 2. The largest absolute Gasteiger partial charge is 0.390 e. The zero-order valence-electron chi connectivity index (χ0n) is 15.1. The SMILES string of the molecule is CC(=O)N1CCN(C[C@H](O)Cn2c3ccccc3c3ccccc32)CC1. The van der Waals surface area contributed by atoms with Crippen molar-refractivity contribution in [2.24, 2.45) is 0 Å². The molecule has 2 aromatic carbocycles. The highest BCUT2D eigenvalue weighted by Crippen LogP contribution is 2.28. The van der Waals surface area contributed by atoms with Crippen molar-refractivity contribution in [2.45, 2.75) is 19.6 Å². The second-order valence-corrected chi connectivity index (χ2v) is 7.11. The lowest BCUT2D eigenvalue weighted by molar-refractivity contribution is -0.130. The van der Waals surface area contributed by atoms with Crippen LogP contribution in [0.5, 0.6) is 0 Å². The fraction of sp³-hybridized carbons (Fsp3) is 0.381. The van der Waals surface area contributed by atoms with Gasteiger partial charge in [0.1, 0.15) is 0 Å². The number of β-amino-alcohol motifs (C(OH)–C–C–N with tert-alkyl or cyclic N) is 1. The zero-order chi connectivity index (χ0) is 18.1. The van der Waals surface area contributed by atoms with Gasteiger partial charge >= 0.3 is 0 Å². The van der Waals surface area contributed by atoms with Crippen LogP contribution < -0.4 is 0 Å². The van der Waals surface area contributed by atoms with Crippen LogP contribution in [0.15, 0.2) is 48.5 Å². The molecule has 0 spiro atoms. The first kappa shape index (κ1) is 17.1. The van der Waals surface area contributed by atoms with E-state index in [1.807, 2.05) is 17.0 Å². The van der Waals surface area contributed by atoms with Gasteiger partial charge in [0, 0.05) is 61.5 Å². The molecule has 0 saturated carbocycles. The number of carbonyl (C=O) groups excluding carboxylic acids is 1. The molecule has 3 aromatic rings. The Labute approximate surface area is 153 Å². The molecule has 0 aliphatic carbocycles. The molecule has 1 N–H and O–H groups in total. The number of nitrogens with zero attached hydrogens (tertiary/aromatic N) is 3. The Balaban J connectivity index is 1.51. The Morgan fingerprint density at radius 3 is 2.00 bits per heavy atom. The van der Waals surface area contributed by atoms with E-state index >= 15 is 0 Å². The third kappa shape index (κ3) is 3.20. The number of benzene rings is 2. The second kappa shape index (κ2) is 7.09. The normalized spacial score (nSPS) is 17.1. The van der Waals surface area contributed by atoms with Crippen LogP contribution in [0, 0.1) is 0 Å². The van der Waals surface area contributed by atoms with Gasteiger partial charge in [-0.2, -0.15) is 0 Å². The molecule has 1 aromatic heterocycles. The number of hydrogen-bond acceptors (Lipinski definition) is 3. The first-order chi connectivity index (χ1) is 12.6. The van der Waals surface area contributed by atoms with E-state index in [9.17, 15) is 9.90 Å². The lowest BCUT2D eigenvalue weighted by atomic mass is 10.2. The molecule has 1 atom stereocenters. The van der Waals surface area contributed by atoms with Gasteiger partial charge in [-0.25, -0.2) is 0 Å². The first-order valence-electron chi connectivity index (χ1n) is 9.25. The van der Waals surface area contributed by atoms with Crippen molar-refractivity contribution in [1.29, 1.82) is 0 Å². The molecule has 5 nitrogen and oxygen atoms in total. The minimum absolute atomic E-state index is 0.135. The van der Waals surface area contributed by atoms with Gasteiger partial charge < -0.3 is 14.6 Å². The summed E-state index contributed by atoms with van der Waals surface area (Å²) < 4.78 is 2.22. The highest BCUT2D eigenvalue weighted by atomic mass is 16.3. The summed E-state index contributed by atoms with van der Waals surface area (Å²) in [6.07, 6.45) is -0.446. The van der Waals surface area contributed by atoms with Crippen LogP contribution in [-0.4, -0.2) is 64.2 Å². The number of carbonyl (C=O) groups is 1. The Morgan fingerprint density at radius 2 is 1.46 bits per heavy atom. The highest BCUT2D eigenvalue weighted by molar-refractivity contribution is 6.07. The van der Waals surface area contributed by atoms with Gasteiger partial charge in [-0.1, -0.05) is 36.4 Å². The number of piperazine rings is 1. The summed E-state index contributed by atoms with van der Waals surface area (Å²) in [6.45, 7) is 5.96.